The number of amides is 1. The number of anilines is 1. The Morgan fingerprint density at radius 2 is 1.65 bits per heavy atom. The first kappa shape index (κ1) is 19.5. The maximum Gasteiger partial charge on any atom is 0.340 e. The highest BCUT2D eigenvalue weighted by molar-refractivity contribution is 7.90. The Morgan fingerprint density at radius 1 is 1.04 bits per heavy atom. The second-order valence-electron chi connectivity index (χ2n) is 5.53. The fourth-order valence-corrected chi connectivity index (χ4v) is 3.03. The summed E-state index contributed by atoms with van der Waals surface area (Å²) in [5.74, 6) is -0.788. The molecule has 0 aliphatic carbocycles. The second kappa shape index (κ2) is 8.01. The van der Waals surface area contributed by atoms with Crippen LogP contribution in [-0.4, -0.2) is 39.8 Å². The van der Waals surface area contributed by atoms with Crippen LogP contribution < -0.4 is 10.1 Å². The summed E-state index contributed by atoms with van der Waals surface area (Å²) in [6.07, 6.45) is -0.115. The standard InChI is InChI=1S/C18H19NO6S/c1-12(17(20)19-13-8-10-14(24-2)11-9-13)25-18(21)15-6-4-5-7-16(15)26(3,22)23/h4-12H,1-3H3,(H,19,20)/t12-/m1/s1. The number of carbonyl (C=O) groups is 2. The Labute approximate surface area is 151 Å². The smallest absolute Gasteiger partial charge is 0.340 e. The number of hydrogen-bond acceptors (Lipinski definition) is 6. The van der Waals surface area contributed by atoms with Gasteiger partial charge in [-0.2, -0.15) is 0 Å². The van der Waals surface area contributed by atoms with Crippen LogP contribution in [0, 0.1) is 0 Å². The van der Waals surface area contributed by atoms with Crippen molar-refractivity contribution in [2.24, 2.45) is 0 Å². The quantitative estimate of drug-likeness (QED) is 0.776. The highest BCUT2D eigenvalue weighted by Crippen LogP contribution is 2.18. The van der Waals surface area contributed by atoms with Gasteiger partial charge in [-0.1, -0.05) is 12.1 Å². The molecule has 0 unspecified atom stereocenters. The van der Waals surface area contributed by atoms with Crippen LogP contribution in [0.15, 0.2) is 53.4 Å². The zero-order valence-corrected chi connectivity index (χ0v) is 15.4. The van der Waals surface area contributed by atoms with Crippen molar-refractivity contribution in [3.63, 3.8) is 0 Å². The van der Waals surface area contributed by atoms with Crippen LogP contribution in [0.4, 0.5) is 5.69 Å². The van der Waals surface area contributed by atoms with E-state index in [1.807, 2.05) is 0 Å². The van der Waals surface area contributed by atoms with Gasteiger partial charge in [-0.15, -0.1) is 0 Å². The van der Waals surface area contributed by atoms with Crippen LogP contribution in [0.25, 0.3) is 0 Å². The lowest BCUT2D eigenvalue weighted by atomic mass is 10.2. The van der Waals surface area contributed by atoms with Gasteiger partial charge in [0.15, 0.2) is 15.9 Å². The monoisotopic (exact) mass is 377 g/mol. The number of sulfone groups is 1. The molecule has 0 radical (unpaired) electrons. The lowest BCUT2D eigenvalue weighted by Gasteiger charge is -2.15. The minimum atomic E-state index is -3.60. The number of carbonyl (C=O) groups excluding carboxylic acids is 2. The van der Waals surface area contributed by atoms with Gasteiger partial charge in [0.2, 0.25) is 0 Å². The highest BCUT2D eigenvalue weighted by Gasteiger charge is 2.23. The number of methoxy groups -OCH3 is 1. The number of rotatable bonds is 6. The Balaban J connectivity index is 2.08. The summed E-state index contributed by atoms with van der Waals surface area (Å²) in [5.41, 5.74) is 0.398. The van der Waals surface area contributed by atoms with Crippen LogP contribution >= 0.6 is 0 Å². The van der Waals surface area contributed by atoms with E-state index in [1.54, 1.807) is 24.3 Å². The van der Waals surface area contributed by atoms with Gasteiger partial charge in [0.05, 0.1) is 17.6 Å². The molecule has 1 amide bonds. The normalized spacial score (nSPS) is 12.1. The Kier molecular flexibility index (Phi) is 5.99. The summed E-state index contributed by atoms with van der Waals surface area (Å²) in [6.45, 7) is 1.40. The van der Waals surface area contributed by atoms with Gasteiger partial charge in [-0.05, 0) is 43.3 Å². The number of esters is 1. The topological polar surface area (TPSA) is 98.8 Å². The van der Waals surface area contributed by atoms with Gasteiger partial charge in [-0.3, -0.25) is 4.79 Å². The van der Waals surface area contributed by atoms with Crippen molar-refractivity contribution >= 4 is 27.4 Å². The SMILES string of the molecule is COc1ccc(NC(=O)[C@@H](C)OC(=O)c2ccccc2S(C)(=O)=O)cc1. The zero-order chi connectivity index (χ0) is 19.3. The third-order valence-corrected chi connectivity index (χ3v) is 4.67. The molecular formula is C18H19NO6S. The molecule has 26 heavy (non-hydrogen) atoms. The van der Waals surface area contributed by atoms with Gasteiger partial charge < -0.3 is 14.8 Å². The maximum atomic E-state index is 12.3. The van der Waals surface area contributed by atoms with E-state index in [4.69, 9.17) is 9.47 Å². The summed E-state index contributed by atoms with van der Waals surface area (Å²) in [7, 11) is -2.07. The molecule has 0 fully saturated rings. The highest BCUT2D eigenvalue weighted by atomic mass is 32.2. The lowest BCUT2D eigenvalue weighted by Crippen LogP contribution is -2.30. The zero-order valence-electron chi connectivity index (χ0n) is 14.6. The summed E-state index contributed by atoms with van der Waals surface area (Å²) < 4.78 is 33.7. The molecule has 1 N–H and O–H groups in total. The summed E-state index contributed by atoms with van der Waals surface area (Å²) in [4.78, 5) is 24.3. The van der Waals surface area contributed by atoms with Crippen LogP contribution in [-0.2, 0) is 19.4 Å². The van der Waals surface area contributed by atoms with Crippen molar-refractivity contribution in [2.75, 3.05) is 18.7 Å². The predicted octanol–water partition coefficient (Wildman–Crippen LogP) is 2.28. The van der Waals surface area contributed by atoms with E-state index in [0.29, 0.717) is 11.4 Å². The molecule has 2 aromatic rings. The van der Waals surface area contributed by atoms with E-state index >= 15 is 0 Å². The lowest BCUT2D eigenvalue weighted by molar-refractivity contribution is -0.123. The minimum absolute atomic E-state index is 0.112. The molecule has 138 valence electrons. The van der Waals surface area contributed by atoms with E-state index in [0.717, 1.165) is 6.26 Å². The van der Waals surface area contributed by atoms with Crippen molar-refractivity contribution in [1.29, 1.82) is 0 Å². The van der Waals surface area contributed by atoms with E-state index in [1.165, 1.54) is 38.3 Å². The van der Waals surface area contributed by atoms with Crippen molar-refractivity contribution < 1.29 is 27.5 Å². The first-order valence-corrected chi connectivity index (χ1v) is 9.56. The molecule has 0 aliphatic rings. The number of hydrogen-bond donors (Lipinski definition) is 1. The molecule has 0 saturated carbocycles. The Bertz CT molecular complexity index is 906. The number of nitrogens with one attached hydrogen (secondary N) is 1. The van der Waals surface area contributed by atoms with Crippen molar-refractivity contribution in [3.8, 4) is 5.75 Å². The molecule has 2 rings (SSSR count). The third kappa shape index (κ3) is 4.82. The summed E-state index contributed by atoms with van der Waals surface area (Å²) in [6, 6.07) is 12.3. The number of benzene rings is 2. The van der Waals surface area contributed by atoms with Gasteiger partial charge in [0.1, 0.15) is 5.75 Å². The summed E-state index contributed by atoms with van der Waals surface area (Å²) >= 11 is 0. The Hall–Kier alpha value is -2.87. The fourth-order valence-electron chi connectivity index (χ4n) is 2.15. The molecule has 1 atom stereocenters. The molecule has 0 saturated heterocycles. The molecule has 0 aromatic heterocycles. The van der Waals surface area contributed by atoms with Crippen molar-refractivity contribution in [2.45, 2.75) is 17.9 Å². The van der Waals surface area contributed by atoms with Gasteiger partial charge in [-0.25, -0.2) is 13.2 Å². The van der Waals surface area contributed by atoms with Crippen molar-refractivity contribution in [3.05, 3.63) is 54.1 Å². The maximum absolute atomic E-state index is 12.3. The molecule has 0 heterocycles. The average Bonchev–Trinajstić information content (AvgIpc) is 2.61. The second-order valence-corrected chi connectivity index (χ2v) is 7.52. The van der Waals surface area contributed by atoms with Crippen LogP contribution in [0.1, 0.15) is 17.3 Å². The molecular weight excluding hydrogens is 358 g/mol. The first-order chi connectivity index (χ1) is 12.2. The van der Waals surface area contributed by atoms with Crippen LogP contribution in [0.3, 0.4) is 0 Å². The first-order valence-electron chi connectivity index (χ1n) is 7.67. The largest absolute Gasteiger partial charge is 0.497 e. The fraction of sp³-hybridized carbons (Fsp3) is 0.222. The molecule has 0 bridgehead atoms. The molecule has 0 aliphatic heterocycles. The van der Waals surface area contributed by atoms with E-state index in [-0.39, 0.29) is 10.5 Å². The van der Waals surface area contributed by atoms with Crippen LogP contribution in [0.2, 0.25) is 0 Å². The van der Waals surface area contributed by atoms with Gasteiger partial charge in [0, 0.05) is 11.9 Å². The predicted molar refractivity (Wildman–Crippen MR) is 96.1 cm³/mol. The van der Waals surface area contributed by atoms with Gasteiger partial charge in [0.25, 0.3) is 5.91 Å². The molecule has 0 spiro atoms. The van der Waals surface area contributed by atoms with Crippen molar-refractivity contribution in [1.82, 2.24) is 0 Å². The minimum Gasteiger partial charge on any atom is -0.497 e. The summed E-state index contributed by atoms with van der Waals surface area (Å²) in [5, 5.41) is 2.60. The molecule has 2 aromatic carbocycles. The van der Waals surface area contributed by atoms with E-state index in [9.17, 15) is 18.0 Å². The molecule has 7 nitrogen and oxygen atoms in total. The van der Waals surface area contributed by atoms with Crippen LogP contribution in [0.5, 0.6) is 5.75 Å². The van der Waals surface area contributed by atoms with E-state index < -0.39 is 27.8 Å². The number of ether oxygens (including phenoxy) is 2. The van der Waals surface area contributed by atoms with E-state index in [2.05, 4.69) is 5.32 Å². The average molecular weight is 377 g/mol. The Morgan fingerprint density at radius 3 is 2.23 bits per heavy atom. The van der Waals surface area contributed by atoms with Gasteiger partial charge >= 0.3 is 5.97 Å². The molecule has 8 heteroatoms. The third-order valence-electron chi connectivity index (χ3n) is 3.52.